The monoisotopic (exact) mass is 462 g/mol. The SMILES string of the molecule is CCN(CC)CCNC(=O)c1ccc(Nc2ccnc(-c3cccnc3)n2)cc1.Cl.Cl. The van der Waals surface area contributed by atoms with Crippen LogP contribution in [0.15, 0.2) is 61.1 Å². The zero-order valence-electron chi connectivity index (χ0n) is 17.6. The average Bonchev–Trinajstić information content (AvgIpc) is 2.78. The predicted octanol–water partition coefficient (Wildman–Crippen LogP) is 4.20. The van der Waals surface area contributed by atoms with E-state index >= 15 is 0 Å². The van der Waals surface area contributed by atoms with E-state index in [1.807, 2.05) is 24.3 Å². The Morgan fingerprint density at radius 1 is 1.00 bits per heavy atom. The van der Waals surface area contributed by atoms with Gasteiger partial charge in [-0.2, -0.15) is 0 Å². The number of carbonyl (C=O) groups is 1. The summed E-state index contributed by atoms with van der Waals surface area (Å²) in [7, 11) is 0. The van der Waals surface area contributed by atoms with Gasteiger partial charge in [-0.05, 0) is 55.6 Å². The van der Waals surface area contributed by atoms with Crippen molar-refractivity contribution < 1.29 is 4.79 Å². The van der Waals surface area contributed by atoms with Crippen LogP contribution in [0.25, 0.3) is 11.4 Å². The molecule has 2 N–H and O–H groups in total. The van der Waals surface area contributed by atoms with Gasteiger partial charge < -0.3 is 15.5 Å². The molecule has 1 amide bonds. The first-order valence-corrected chi connectivity index (χ1v) is 9.80. The van der Waals surface area contributed by atoms with Gasteiger partial charge in [-0.3, -0.25) is 9.78 Å². The van der Waals surface area contributed by atoms with Crippen molar-refractivity contribution in [2.75, 3.05) is 31.5 Å². The molecule has 0 saturated heterocycles. The molecule has 0 bridgehead atoms. The van der Waals surface area contributed by atoms with E-state index in [1.54, 1.807) is 36.8 Å². The minimum absolute atomic E-state index is 0. The predicted molar refractivity (Wildman–Crippen MR) is 130 cm³/mol. The van der Waals surface area contributed by atoms with Crippen LogP contribution in [0.3, 0.4) is 0 Å². The standard InChI is InChI=1S/C22H26N6O.2ClH/c1-3-28(4-2)15-14-25-22(29)17-7-9-19(10-8-17)26-20-11-13-24-21(27-20)18-6-5-12-23-16-18;;/h5-13,16H,3-4,14-15H2,1-2H3,(H,25,29)(H,24,26,27);2*1H. The summed E-state index contributed by atoms with van der Waals surface area (Å²) in [4.78, 5) is 27.5. The molecule has 2 aromatic heterocycles. The number of halogens is 2. The van der Waals surface area contributed by atoms with Crippen LogP contribution in [0.2, 0.25) is 0 Å². The number of likely N-dealkylation sites (N-methyl/N-ethyl adjacent to an activating group) is 1. The van der Waals surface area contributed by atoms with E-state index in [9.17, 15) is 4.79 Å². The number of benzene rings is 1. The van der Waals surface area contributed by atoms with E-state index in [4.69, 9.17) is 0 Å². The number of hydrogen-bond donors (Lipinski definition) is 2. The third-order valence-electron chi connectivity index (χ3n) is 4.60. The van der Waals surface area contributed by atoms with Crippen molar-refractivity contribution in [1.29, 1.82) is 0 Å². The fourth-order valence-corrected chi connectivity index (χ4v) is 2.88. The van der Waals surface area contributed by atoms with E-state index in [0.29, 0.717) is 23.8 Å². The van der Waals surface area contributed by atoms with Crippen LogP contribution in [0.5, 0.6) is 0 Å². The van der Waals surface area contributed by atoms with Gasteiger partial charge in [0.15, 0.2) is 5.82 Å². The van der Waals surface area contributed by atoms with Crippen LogP contribution < -0.4 is 10.6 Å². The lowest BCUT2D eigenvalue weighted by molar-refractivity contribution is 0.0949. The van der Waals surface area contributed by atoms with Crippen molar-refractivity contribution in [2.24, 2.45) is 0 Å². The lowest BCUT2D eigenvalue weighted by atomic mass is 10.2. The Labute approximate surface area is 195 Å². The van der Waals surface area contributed by atoms with Crippen molar-refractivity contribution in [2.45, 2.75) is 13.8 Å². The average molecular weight is 463 g/mol. The molecule has 3 aromatic rings. The lowest BCUT2D eigenvalue weighted by Gasteiger charge is -2.18. The summed E-state index contributed by atoms with van der Waals surface area (Å²) < 4.78 is 0. The van der Waals surface area contributed by atoms with Crippen molar-refractivity contribution in [3.05, 3.63) is 66.6 Å². The first-order chi connectivity index (χ1) is 14.2. The molecular formula is C22H28Cl2N6O. The molecule has 0 saturated carbocycles. The van der Waals surface area contributed by atoms with Crippen molar-refractivity contribution in [1.82, 2.24) is 25.2 Å². The zero-order chi connectivity index (χ0) is 20.5. The second-order valence-corrected chi connectivity index (χ2v) is 6.49. The number of aromatic nitrogens is 3. The quantitative estimate of drug-likeness (QED) is 0.495. The van der Waals surface area contributed by atoms with Crippen molar-refractivity contribution >= 4 is 42.2 Å². The molecule has 3 rings (SSSR count). The van der Waals surface area contributed by atoms with Gasteiger partial charge in [-0.1, -0.05) is 13.8 Å². The third-order valence-corrected chi connectivity index (χ3v) is 4.60. The first-order valence-electron chi connectivity index (χ1n) is 9.80. The highest BCUT2D eigenvalue weighted by molar-refractivity contribution is 5.94. The number of pyridine rings is 1. The second-order valence-electron chi connectivity index (χ2n) is 6.49. The molecule has 0 fully saturated rings. The summed E-state index contributed by atoms with van der Waals surface area (Å²) in [5.41, 5.74) is 2.34. The lowest BCUT2D eigenvalue weighted by Crippen LogP contribution is -2.34. The van der Waals surface area contributed by atoms with Crippen molar-refractivity contribution in [3.63, 3.8) is 0 Å². The number of hydrogen-bond acceptors (Lipinski definition) is 6. The van der Waals surface area contributed by atoms with E-state index in [2.05, 4.69) is 44.3 Å². The number of nitrogens with one attached hydrogen (secondary N) is 2. The van der Waals surface area contributed by atoms with Gasteiger partial charge >= 0.3 is 0 Å². The normalized spacial score (nSPS) is 10.0. The molecule has 166 valence electrons. The van der Waals surface area contributed by atoms with E-state index < -0.39 is 0 Å². The largest absolute Gasteiger partial charge is 0.351 e. The number of amides is 1. The maximum atomic E-state index is 12.3. The van der Waals surface area contributed by atoms with E-state index in [-0.39, 0.29) is 30.7 Å². The Hall–Kier alpha value is -2.74. The van der Waals surface area contributed by atoms with Gasteiger partial charge in [0.05, 0.1) is 0 Å². The minimum Gasteiger partial charge on any atom is -0.351 e. The molecule has 1 aromatic carbocycles. The number of nitrogens with zero attached hydrogens (tertiary/aromatic N) is 4. The summed E-state index contributed by atoms with van der Waals surface area (Å²) in [6.07, 6.45) is 5.15. The van der Waals surface area contributed by atoms with Crippen LogP contribution in [-0.4, -0.2) is 51.9 Å². The Morgan fingerprint density at radius 3 is 2.39 bits per heavy atom. The summed E-state index contributed by atoms with van der Waals surface area (Å²) in [5.74, 6) is 1.21. The van der Waals surface area contributed by atoms with Crippen LogP contribution in [0.4, 0.5) is 11.5 Å². The highest BCUT2D eigenvalue weighted by Crippen LogP contribution is 2.18. The minimum atomic E-state index is -0.0652. The Morgan fingerprint density at radius 2 is 1.74 bits per heavy atom. The molecule has 0 spiro atoms. The van der Waals surface area contributed by atoms with Crippen LogP contribution in [-0.2, 0) is 0 Å². The van der Waals surface area contributed by atoms with Gasteiger partial charge in [0.25, 0.3) is 5.91 Å². The van der Waals surface area contributed by atoms with Gasteiger partial charge in [-0.15, -0.1) is 24.8 Å². The molecule has 0 aliphatic carbocycles. The molecule has 0 aliphatic rings. The third kappa shape index (κ3) is 7.79. The molecule has 7 nitrogen and oxygen atoms in total. The molecule has 0 atom stereocenters. The smallest absolute Gasteiger partial charge is 0.251 e. The molecular weight excluding hydrogens is 435 g/mol. The molecule has 0 radical (unpaired) electrons. The first kappa shape index (κ1) is 26.3. The van der Waals surface area contributed by atoms with Crippen LogP contribution in [0.1, 0.15) is 24.2 Å². The summed E-state index contributed by atoms with van der Waals surface area (Å²) >= 11 is 0. The van der Waals surface area contributed by atoms with E-state index in [1.165, 1.54) is 0 Å². The molecule has 0 aliphatic heterocycles. The van der Waals surface area contributed by atoms with Gasteiger partial charge in [0.2, 0.25) is 0 Å². The number of rotatable bonds is 9. The molecule has 2 heterocycles. The van der Waals surface area contributed by atoms with Gasteiger partial charge in [0, 0.05) is 48.5 Å². The highest BCUT2D eigenvalue weighted by atomic mass is 35.5. The summed E-state index contributed by atoms with van der Waals surface area (Å²) in [6.45, 7) is 7.70. The fraction of sp³-hybridized carbons (Fsp3) is 0.273. The molecule has 9 heteroatoms. The van der Waals surface area contributed by atoms with Gasteiger partial charge in [-0.25, -0.2) is 9.97 Å². The fourth-order valence-electron chi connectivity index (χ4n) is 2.88. The number of carbonyl (C=O) groups excluding carboxylic acids is 1. The Balaban J connectivity index is 0.00000240. The van der Waals surface area contributed by atoms with Crippen molar-refractivity contribution in [3.8, 4) is 11.4 Å². The maximum Gasteiger partial charge on any atom is 0.251 e. The molecule has 0 unspecified atom stereocenters. The van der Waals surface area contributed by atoms with Crippen LogP contribution in [0, 0.1) is 0 Å². The molecule has 31 heavy (non-hydrogen) atoms. The van der Waals surface area contributed by atoms with Gasteiger partial charge in [0.1, 0.15) is 5.82 Å². The van der Waals surface area contributed by atoms with E-state index in [0.717, 1.165) is 30.9 Å². The Kier molecular flexibility index (Phi) is 11.5. The summed E-state index contributed by atoms with van der Waals surface area (Å²) in [5, 5.41) is 6.21. The highest BCUT2D eigenvalue weighted by Gasteiger charge is 2.07. The summed E-state index contributed by atoms with van der Waals surface area (Å²) in [6, 6.07) is 12.9. The Bertz CT molecular complexity index is 921. The maximum absolute atomic E-state index is 12.3. The number of anilines is 2. The topological polar surface area (TPSA) is 83.0 Å². The van der Waals surface area contributed by atoms with Crippen LogP contribution >= 0.6 is 24.8 Å². The zero-order valence-corrected chi connectivity index (χ0v) is 19.2. The second kappa shape index (κ2) is 13.5.